The van der Waals surface area contributed by atoms with Gasteiger partial charge in [0.15, 0.2) is 0 Å². The number of nitro groups is 1. The number of benzene rings is 2. The topological polar surface area (TPSA) is 119 Å². The molecule has 0 bridgehead atoms. The summed E-state index contributed by atoms with van der Waals surface area (Å²) >= 11 is 0. The van der Waals surface area contributed by atoms with Crippen molar-refractivity contribution in [2.24, 2.45) is 5.92 Å². The van der Waals surface area contributed by atoms with Gasteiger partial charge in [0.1, 0.15) is 11.4 Å². The fourth-order valence-corrected chi connectivity index (χ4v) is 3.62. The average Bonchev–Trinajstić information content (AvgIpc) is 3.60. The number of hydrogen-bond donors (Lipinski definition) is 2. The lowest BCUT2D eigenvalue weighted by Gasteiger charge is -2.09. The fraction of sp³-hybridized carbons (Fsp3) is 0.292. The first-order valence-corrected chi connectivity index (χ1v) is 10.8. The molecule has 9 nitrogen and oxygen atoms in total. The van der Waals surface area contributed by atoms with Crippen molar-refractivity contribution in [2.45, 2.75) is 39.8 Å². The van der Waals surface area contributed by atoms with Gasteiger partial charge in [-0.2, -0.15) is 5.10 Å². The summed E-state index contributed by atoms with van der Waals surface area (Å²) < 4.78 is 1.60. The number of hydrogen-bond acceptors (Lipinski definition) is 5. The van der Waals surface area contributed by atoms with Gasteiger partial charge in [-0.15, -0.1) is 0 Å². The van der Waals surface area contributed by atoms with Crippen molar-refractivity contribution in [3.8, 4) is 0 Å². The Morgan fingerprint density at radius 1 is 1.06 bits per heavy atom. The summed E-state index contributed by atoms with van der Waals surface area (Å²) in [7, 11) is 0. The molecule has 9 heteroatoms. The Bertz CT molecular complexity index is 1190. The smallest absolute Gasteiger partial charge is 0.312 e. The number of anilines is 1. The highest BCUT2D eigenvalue weighted by Crippen LogP contribution is 2.30. The maximum absolute atomic E-state index is 12.5. The van der Waals surface area contributed by atoms with Gasteiger partial charge in [-0.3, -0.25) is 24.4 Å². The predicted octanol–water partition coefficient (Wildman–Crippen LogP) is 3.73. The van der Waals surface area contributed by atoms with E-state index in [1.54, 1.807) is 30.7 Å². The molecule has 0 spiro atoms. The molecule has 1 aliphatic carbocycles. The van der Waals surface area contributed by atoms with Crippen LogP contribution in [0.5, 0.6) is 0 Å². The van der Waals surface area contributed by atoms with E-state index in [9.17, 15) is 19.7 Å². The molecule has 2 N–H and O–H groups in total. The Balaban J connectivity index is 1.31. The zero-order valence-corrected chi connectivity index (χ0v) is 18.5. The van der Waals surface area contributed by atoms with E-state index in [4.69, 9.17) is 0 Å². The Morgan fingerprint density at radius 2 is 1.70 bits per heavy atom. The SMILES string of the molecule is Cc1nn(Cc2ccc(C(=O)NCc3ccc(NC(=O)C4CC4)cc3)cc2)c(C)c1[N+](=O)[O-]. The lowest BCUT2D eigenvalue weighted by atomic mass is 10.1. The van der Waals surface area contributed by atoms with E-state index in [1.807, 2.05) is 36.4 Å². The zero-order chi connectivity index (χ0) is 23.5. The third kappa shape index (κ3) is 5.25. The van der Waals surface area contributed by atoms with E-state index in [1.165, 1.54) is 0 Å². The minimum atomic E-state index is -0.417. The molecule has 33 heavy (non-hydrogen) atoms. The molecule has 1 saturated carbocycles. The van der Waals surface area contributed by atoms with Crippen LogP contribution in [-0.2, 0) is 17.9 Å². The number of aryl methyl sites for hydroxylation is 1. The lowest BCUT2D eigenvalue weighted by Crippen LogP contribution is -2.22. The van der Waals surface area contributed by atoms with Crippen molar-refractivity contribution in [1.29, 1.82) is 0 Å². The monoisotopic (exact) mass is 447 g/mol. The van der Waals surface area contributed by atoms with Crippen LogP contribution in [0.2, 0.25) is 0 Å². The molecule has 0 unspecified atom stereocenters. The van der Waals surface area contributed by atoms with E-state index >= 15 is 0 Å². The van der Waals surface area contributed by atoms with Gasteiger partial charge in [-0.1, -0.05) is 24.3 Å². The molecule has 1 heterocycles. The molecule has 0 atom stereocenters. The average molecular weight is 447 g/mol. The van der Waals surface area contributed by atoms with Gasteiger partial charge >= 0.3 is 5.69 Å². The fourth-order valence-electron chi connectivity index (χ4n) is 3.62. The number of rotatable bonds is 8. The van der Waals surface area contributed by atoms with Gasteiger partial charge in [0.05, 0.1) is 11.5 Å². The van der Waals surface area contributed by atoms with Crippen LogP contribution >= 0.6 is 0 Å². The third-order valence-corrected chi connectivity index (χ3v) is 5.70. The molecular weight excluding hydrogens is 422 g/mol. The quantitative estimate of drug-likeness (QED) is 0.403. The number of nitrogens with zero attached hydrogens (tertiary/aromatic N) is 3. The molecule has 1 aromatic heterocycles. The maximum atomic E-state index is 12.5. The van der Waals surface area contributed by atoms with E-state index < -0.39 is 4.92 Å². The predicted molar refractivity (Wildman–Crippen MR) is 123 cm³/mol. The molecule has 0 saturated heterocycles. The number of carbonyl (C=O) groups is 2. The summed E-state index contributed by atoms with van der Waals surface area (Å²) in [5.41, 5.74) is 4.00. The highest BCUT2D eigenvalue weighted by molar-refractivity contribution is 5.94. The molecule has 3 aromatic rings. The summed E-state index contributed by atoms with van der Waals surface area (Å²) in [4.78, 5) is 35.1. The van der Waals surface area contributed by atoms with Gasteiger partial charge in [-0.05, 0) is 62.1 Å². The van der Waals surface area contributed by atoms with Crippen LogP contribution < -0.4 is 10.6 Å². The number of aromatic nitrogens is 2. The van der Waals surface area contributed by atoms with Crippen LogP contribution in [0.4, 0.5) is 11.4 Å². The second-order valence-corrected chi connectivity index (χ2v) is 8.27. The molecule has 1 aliphatic rings. The number of amides is 2. The standard InChI is InChI=1S/C24H25N5O4/c1-15-22(29(32)33)16(2)28(27-15)14-18-3-7-19(8-4-18)23(30)25-13-17-5-11-21(12-6-17)26-24(31)20-9-10-20/h3-8,11-12,20H,9-10,13-14H2,1-2H3,(H,25,30)(H,26,31). The minimum Gasteiger partial charge on any atom is -0.348 e. The summed E-state index contributed by atoms with van der Waals surface area (Å²) in [6.07, 6.45) is 1.92. The van der Waals surface area contributed by atoms with Crippen molar-refractivity contribution >= 4 is 23.2 Å². The van der Waals surface area contributed by atoms with Gasteiger partial charge in [0, 0.05) is 23.7 Å². The van der Waals surface area contributed by atoms with Crippen molar-refractivity contribution in [3.05, 3.63) is 86.7 Å². The molecule has 2 amide bonds. The van der Waals surface area contributed by atoms with E-state index in [0.29, 0.717) is 30.0 Å². The van der Waals surface area contributed by atoms with Crippen molar-refractivity contribution in [2.75, 3.05) is 5.32 Å². The third-order valence-electron chi connectivity index (χ3n) is 5.70. The van der Waals surface area contributed by atoms with Crippen LogP contribution in [-0.4, -0.2) is 26.5 Å². The highest BCUT2D eigenvalue weighted by atomic mass is 16.6. The first-order valence-electron chi connectivity index (χ1n) is 10.8. The van der Waals surface area contributed by atoms with Gasteiger partial charge in [0.25, 0.3) is 5.91 Å². The zero-order valence-electron chi connectivity index (χ0n) is 18.5. The molecular formula is C24H25N5O4. The summed E-state index contributed by atoms with van der Waals surface area (Å²) in [5, 5.41) is 21.2. The van der Waals surface area contributed by atoms with Crippen LogP contribution in [0.3, 0.4) is 0 Å². The number of carbonyl (C=O) groups excluding carboxylic acids is 2. The van der Waals surface area contributed by atoms with E-state index in [2.05, 4.69) is 15.7 Å². The van der Waals surface area contributed by atoms with Crippen molar-refractivity contribution in [1.82, 2.24) is 15.1 Å². The van der Waals surface area contributed by atoms with Crippen LogP contribution in [0.1, 0.15) is 45.7 Å². The number of nitrogens with one attached hydrogen (secondary N) is 2. The molecule has 0 aliphatic heterocycles. The molecule has 1 fully saturated rings. The van der Waals surface area contributed by atoms with Gasteiger partial charge < -0.3 is 10.6 Å². The van der Waals surface area contributed by atoms with Crippen molar-refractivity contribution < 1.29 is 14.5 Å². The molecule has 2 aromatic carbocycles. The second-order valence-electron chi connectivity index (χ2n) is 8.27. The summed E-state index contributed by atoms with van der Waals surface area (Å²) in [5.74, 6) is 0.0199. The van der Waals surface area contributed by atoms with Gasteiger partial charge in [0.2, 0.25) is 5.91 Å². The molecule has 4 rings (SSSR count). The Morgan fingerprint density at radius 3 is 2.27 bits per heavy atom. The van der Waals surface area contributed by atoms with E-state index in [-0.39, 0.29) is 23.4 Å². The largest absolute Gasteiger partial charge is 0.348 e. The lowest BCUT2D eigenvalue weighted by molar-refractivity contribution is -0.386. The van der Waals surface area contributed by atoms with Crippen LogP contribution in [0, 0.1) is 29.9 Å². The highest BCUT2D eigenvalue weighted by Gasteiger charge is 2.29. The van der Waals surface area contributed by atoms with E-state index in [0.717, 1.165) is 29.7 Å². The molecule has 0 radical (unpaired) electrons. The summed E-state index contributed by atoms with van der Waals surface area (Å²) in [6, 6.07) is 14.5. The molecule has 170 valence electrons. The summed E-state index contributed by atoms with van der Waals surface area (Å²) in [6.45, 7) is 4.04. The first-order chi connectivity index (χ1) is 15.8. The Kier molecular flexibility index (Phi) is 6.21. The Labute approximate surface area is 191 Å². The van der Waals surface area contributed by atoms with Crippen LogP contribution in [0.25, 0.3) is 0 Å². The van der Waals surface area contributed by atoms with Crippen molar-refractivity contribution in [3.63, 3.8) is 0 Å². The first kappa shape index (κ1) is 22.2. The Hall–Kier alpha value is -4.01. The van der Waals surface area contributed by atoms with Crippen LogP contribution in [0.15, 0.2) is 48.5 Å². The normalized spacial score (nSPS) is 12.9. The van der Waals surface area contributed by atoms with Gasteiger partial charge in [-0.25, -0.2) is 0 Å². The maximum Gasteiger partial charge on any atom is 0.312 e. The minimum absolute atomic E-state index is 0.0318. The second kappa shape index (κ2) is 9.23.